The number of piperidine rings is 1. The first-order valence-corrected chi connectivity index (χ1v) is 5.80. The smallest absolute Gasteiger partial charge is 0.125 e. The van der Waals surface area contributed by atoms with Crippen LogP contribution >= 0.6 is 0 Å². The van der Waals surface area contributed by atoms with Gasteiger partial charge in [0.25, 0.3) is 0 Å². The third kappa shape index (κ3) is 2.14. The lowest BCUT2D eigenvalue weighted by Gasteiger charge is -2.24. The molecule has 2 N–H and O–H groups in total. The third-order valence-corrected chi connectivity index (χ3v) is 3.34. The largest absolute Gasteiger partial charge is 0.508 e. The Bertz CT molecular complexity index is 370. The number of aromatic hydroxyl groups is 1. The van der Waals surface area contributed by atoms with E-state index in [9.17, 15) is 5.11 Å². The van der Waals surface area contributed by atoms with Gasteiger partial charge in [0.2, 0.25) is 0 Å². The van der Waals surface area contributed by atoms with Crippen molar-refractivity contribution in [1.82, 2.24) is 5.32 Å². The standard InChI is InChI=1S/C13H19NO2/c1-9-12(15)6-11(7-13(9)16-2)10-4-3-5-14-8-10/h6-7,10,14-15H,3-5,8H2,1-2H3. The zero-order valence-corrected chi connectivity index (χ0v) is 9.92. The number of methoxy groups -OCH3 is 1. The Kier molecular flexibility index (Phi) is 3.34. The average molecular weight is 221 g/mol. The van der Waals surface area contributed by atoms with Crippen LogP contribution in [0.1, 0.15) is 29.9 Å². The van der Waals surface area contributed by atoms with E-state index in [0.29, 0.717) is 11.7 Å². The number of hydrogen-bond acceptors (Lipinski definition) is 3. The SMILES string of the molecule is COc1cc(C2CCCNC2)cc(O)c1C. The second-order valence-electron chi connectivity index (χ2n) is 4.41. The number of benzene rings is 1. The molecule has 1 aliphatic rings. The molecule has 0 radical (unpaired) electrons. The van der Waals surface area contributed by atoms with Crippen LogP contribution in [-0.2, 0) is 0 Å². The van der Waals surface area contributed by atoms with E-state index in [1.165, 1.54) is 18.4 Å². The summed E-state index contributed by atoms with van der Waals surface area (Å²) in [6.07, 6.45) is 2.38. The quantitative estimate of drug-likeness (QED) is 0.804. The first kappa shape index (κ1) is 11.3. The molecule has 0 aromatic heterocycles. The number of hydrogen-bond donors (Lipinski definition) is 2. The van der Waals surface area contributed by atoms with Crippen LogP contribution in [0.3, 0.4) is 0 Å². The summed E-state index contributed by atoms with van der Waals surface area (Å²) < 4.78 is 5.28. The summed E-state index contributed by atoms with van der Waals surface area (Å²) in [5.74, 6) is 1.61. The van der Waals surface area contributed by atoms with Gasteiger partial charge in [-0.25, -0.2) is 0 Å². The van der Waals surface area contributed by atoms with Crippen molar-refractivity contribution in [3.63, 3.8) is 0 Å². The van der Waals surface area contributed by atoms with E-state index in [-0.39, 0.29) is 0 Å². The molecule has 1 heterocycles. The van der Waals surface area contributed by atoms with Crippen LogP contribution in [0.2, 0.25) is 0 Å². The summed E-state index contributed by atoms with van der Waals surface area (Å²) in [4.78, 5) is 0. The molecule has 16 heavy (non-hydrogen) atoms. The number of phenolic OH excluding ortho intramolecular Hbond substituents is 1. The van der Waals surface area contributed by atoms with Gasteiger partial charge in [0.15, 0.2) is 0 Å². The van der Waals surface area contributed by atoms with Crippen molar-refractivity contribution in [2.24, 2.45) is 0 Å². The first-order valence-electron chi connectivity index (χ1n) is 5.80. The lowest BCUT2D eigenvalue weighted by Crippen LogP contribution is -2.28. The Balaban J connectivity index is 2.29. The molecule has 3 heteroatoms. The summed E-state index contributed by atoms with van der Waals surface area (Å²) >= 11 is 0. The van der Waals surface area contributed by atoms with Gasteiger partial charge in [-0.1, -0.05) is 0 Å². The molecule has 1 aliphatic heterocycles. The van der Waals surface area contributed by atoms with E-state index in [2.05, 4.69) is 5.32 Å². The maximum Gasteiger partial charge on any atom is 0.125 e. The molecule has 1 aromatic rings. The molecule has 0 aliphatic carbocycles. The Morgan fingerprint density at radius 1 is 1.44 bits per heavy atom. The van der Waals surface area contributed by atoms with Crippen LogP contribution in [0, 0.1) is 6.92 Å². The molecule has 2 rings (SSSR count). The topological polar surface area (TPSA) is 41.5 Å². The molecule has 0 saturated carbocycles. The van der Waals surface area contributed by atoms with Crippen LogP contribution in [0.25, 0.3) is 0 Å². The minimum Gasteiger partial charge on any atom is -0.508 e. The van der Waals surface area contributed by atoms with Crippen LogP contribution < -0.4 is 10.1 Å². The van der Waals surface area contributed by atoms with Crippen molar-refractivity contribution in [2.45, 2.75) is 25.7 Å². The number of rotatable bonds is 2. The van der Waals surface area contributed by atoms with Crippen molar-refractivity contribution in [2.75, 3.05) is 20.2 Å². The molecule has 1 saturated heterocycles. The summed E-state index contributed by atoms with van der Waals surface area (Å²) in [6, 6.07) is 3.92. The van der Waals surface area contributed by atoms with Gasteiger partial charge in [0.1, 0.15) is 11.5 Å². The number of ether oxygens (including phenoxy) is 1. The molecule has 0 spiro atoms. The summed E-state index contributed by atoms with van der Waals surface area (Å²) in [5, 5.41) is 13.2. The van der Waals surface area contributed by atoms with Crippen LogP contribution in [0.4, 0.5) is 0 Å². The lowest BCUT2D eigenvalue weighted by atomic mass is 9.90. The molecule has 1 fully saturated rings. The molecule has 3 nitrogen and oxygen atoms in total. The van der Waals surface area contributed by atoms with E-state index in [1.807, 2.05) is 19.1 Å². The van der Waals surface area contributed by atoms with E-state index in [1.54, 1.807) is 7.11 Å². The van der Waals surface area contributed by atoms with E-state index < -0.39 is 0 Å². The Hall–Kier alpha value is -1.22. The van der Waals surface area contributed by atoms with E-state index in [0.717, 1.165) is 24.4 Å². The highest BCUT2D eigenvalue weighted by Gasteiger charge is 2.17. The van der Waals surface area contributed by atoms with Crippen molar-refractivity contribution >= 4 is 0 Å². The van der Waals surface area contributed by atoms with Gasteiger partial charge in [-0.15, -0.1) is 0 Å². The van der Waals surface area contributed by atoms with E-state index in [4.69, 9.17) is 4.74 Å². The second kappa shape index (κ2) is 4.74. The van der Waals surface area contributed by atoms with Crippen molar-refractivity contribution in [1.29, 1.82) is 0 Å². The normalized spacial score (nSPS) is 20.8. The first-order chi connectivity index (χ1) is 7.72. The lowest BCUT2D eigenvalue weighted by molar-refractivity contribution is 0.398. The van der Waals surface area contributed by atoms with Gasteiger partial charge >= 0.3 is 0 Å². The van der Waals surface area contributed by atoms with Gasteiger partial charge in [-0.2, -0.15) is 0 Å². The number of nitrogens with one attached hydrogen (secondary N) is 1. The highest BCUT2D eigenvalue weighted by molar-refractivity contribution is 5.47. The molecule has 0 bridgehead atoms. The monoisotopic (exact) mass is 221 g/mol. The van der Waals surface area contributed by atoms with Crippen LogP contribution in [-0.4, -0.2) is 25.3 Å². The van der Waals surface area contributed by atoms with Crippen molar-refractivity contribution < 1.29 is 9.84 Å². The van der Waals surface area contributed by atoms with Gasteiger partial charge in [-0.05, 0) is 49.9 Å². The van der Waals surface area contributed by atoms with Gasteiger partial charge < -0.3 is 15.2 Å². The van der Waals surface area contributed by atoms with Gasteiger partial charge in [-0.3, -0.25) is 0 Å². The highest BCUT2D eigenvalue weighted by atomic mass is 16.5. The maximum absolute atomic E-state index is 9.84. The third-order valence-electron chi connectivity index (χ3n) is 3.34. The predicted molar refractivity (Wildman–Crippen MR) is 64.2 cm³/mol. The molecule has 0 amide bonds. The second-order valence-corrected chi connectivity index (χ2v) is 4.41. The fraction of sp³-hybridized carbons (Fsp3) is 0.538. The minimum atomic E-state index is 0.333. The fourth-order valence-corrected chi connectivity index (χ4v) is 2.28. The van der Waals surface area contributed by atoms with Crippen molar-refractivity contribution in [3.05, 3.63) is 23.3 Å². The zero-order valence-electron chi connectivity index (χ0n) is 9.92. The van der Waals surface area contributed by atoms with Crippen LogP contribution in [0.5, 0.6) is 11.5 Å². The minimum absolute atomic E-state index is 0.333. The molecule has 88 valence electrons. The molecular weight excluding hydrogens is 202 g/mol. The summed E-state index contributed by atoms with van der Waals surface area (Å²) in [7, 11) is 1.64. The Labute approximate surface area is 96.4 Å². The molecule has 1 aromatic carbocycles. The van der Waals surface area contributed by atoms with E-state index >= 15 is 0 Å². The Morgan fingerprint density at radius 2 is 2.25 bits per heavy atom. The van der Waals surface area contributed by atoms with Crippen LogP contribution in [0.15, 0.2) is 12.1 Å². The van der Waals surface area contributed by atoms with Gasteiger partial charge in [0, 0.05) is 12.1 Å². The zero-order chi connectivity index (χ0) is 11.5. The summed E-state index contributed by atoms with van der Waals surface area (Å²) in [6.45, 7) is 3.97. The Morgan fingerprint density at radius 3 is 2.88 bits per heavy atom. The number of phenols is 1. The summed E-state index contributed by atoms with van der Waals surface area (Å²) in [5.41, 5.74) is 1.99. The molecule has 1 unspecified atom stereocenters. The molecular formula is C13H19NO2. The predicted octanol–water partition coefficient (Wildman–Crippen LogP) is 2.18. The maximum atomic E-state index is 9.84. The van der Waals surface area contributed by atoms with Crippen molar-refractivity contribution in [3.8, 4) is 11.5 Å². The average Bonchev–Trinajstić information content (AvgIpc) is 2.33. The highest BCUT2D eigenvalue weighted by Crippen LogP contribution is 2.33. The van der Waals surface area contributed by atoms with Gasteiger partial charge in [0.05, 0.1) is 7.11 Å². The fourth-order valence-electron chi connectivity index (χ4n) is 2.28. The molecule has 1 atom stereocenters.